The van der Waals surface area contributed by atoms with Crippen LogP contribution in [0.1, 0.15) is 23.2 Å². The van der Waals surface area contributed by atoms with Crippen molar-refractivity contribution in [3.05, 3.63) is 71.4 Å². The lowest BCUT2D eigenvalue weighted by molar-refractivity contribution is -0.137. The smallest absolute Gasteiger partial charge is 0.232 e. The summed E-state index contributed by atoms with van der Waals surface area (Å²) in [6, 6.07) is 11.3. The van der Waals surface area contributed by atoms with Gasteiger partial charge in [0.2, 0.25) is 0 Å². The molecule has 29 heavy (non-hydrogen) atoms. The van der Waals surface area contributed by atoms with Crippen LogP contribution in [0.3, 0.4) is 0 Å². The molecule has 4 nitrogen and oxygen atoms in total. The molecule has 0 saturated carbocycles. The van der Waals surface area contributed by atoms with Gasteiger partial charge in [0.15, 0.2) is 9.84 Å². The number of nitrogens with zero attached hydrogens (tertiary/aromatic N) is 2. The van der Waals surface area contributed by atoms with Gasteiger partial charge in [0.25, 0.3) is 0 Å². The van der Waals surface area contributed by atoms with E-state index in [2.05, 4.69) is 5.10 Å². The molecule has 1 aliphatic carbocycles. The molecule has 150 valence electrons. The Hall–Kier alpha value is -2.87. The summed E-state index contributed by atoms with van der Waals surface area (Å²) in [5, 5.41) is 4.62. The highest BCUT2D eigenvalue weighted by molar-refractivity contribution is 7.90. The Bertz CT molecular complexity index is 1190. The number of halogens is 3. The van der Waals surface area contributed by atoms with Gasteiger partial charge >= 0.3 is 6.18 Å². The van der Waals surface area contributed by atoms with E-state index in [4.69, 9.17) is 0 Å². The van der Waals surface area contributed by atoms with Crippen LogP contribution >= 0.6 is 0 Å². The van der Waals surface area contributed by atoms with Crippen LogP contribution in [0.5, 0.6) is 0 Å². The van der Waals surface area contributed by atoms with E-state index in [1.165, 1.54) is 24.3 Å². The minimum atomic E-state index is -4.40. The number of rotatable bonds is 3. The number of allylic oxidation sites excluding steroid dienone is 1. The summed E-state index contributed by atoms with van der Waals surface area (Å²) in [6.45, 7) is 0. The molecule has 0 unspecified atom stereocenters. The fourth-order valence-electron chi connectivity index (χ4n) is 3.41. The molecule has 0 atom stereocenters. The van der Waals surface area contributed by atoms with E-state index in [-0.39, 0.29) is 4.90 Å². The van der Waals surface area contributed by atoms with Gasteiger partial charge in [-0.05, 0) is 55.3 Å². The van der Waals surface area contributed by atoms with E-state index in [1.54, 1.807) is 16.8 Å². The van der Waals surface area contributed by atoms with Crippen LogP contribution in [0, 0.1) is 0 Å². The predicted octanol–water partition coefficient (Wildman–Crippen LogP) is 4.92. The number of aromatic nitrogens is 2. The molecule has 2 aromatic carbocycles. The molecule has 4 rings (SSSR count). The molecule has 0 bridgehead atoms. The third-order valence-corrected chi connectivity index (χ3v) is 5.97. The molecule has 3 aromatic rings. The molecule has 1 heterocycles. The fraction of sp³-hybridized carbons (Fsp3) is 0.190. The van der Waals surface area contributed by atoms with Gasteiger partial charge in [0, 0.05) is 17.4 Å². The molecular formula is C21H17F3N2O2S. The third kappa shape index (κ3) is 3.72. The van der Waals surface area contributed by atoms with E-state index in [0.29, 0.717) is 16.9 Å². The second-order valence-electron chi connectivity index (χ2n) is 6.91. The average molecular weight is 418 g/mol. The number of benzene rings is 2. The summed E-state index contributed by atoms with van der Waals surface area (Å²) in [6.07, 6.45) is 2.18. The number of alkyl halides is 3. The molecule has 0 radical (unpaired) electrons. The third-order valence-electron chi connectivity index (χ3n) is 4.85. The molecular weight excluding hydrogens is 401 g/mol. The van der Waals surface area contributed by atoms with Gasteiger partial charge in [-0.15, -0.1) is 0 Å². The van der Waals surface area contributed by atoms with Crippen LogP contribution in [0.4, 0.5) is 13.2 Å². The summed E-state index contributed by atoms with van der Waals surface area (Å²) >= 11 is 0. The van der Waals surface area contributed by atoms with Crippen LogP contribution in [-0.4, -0.2) is 24.5 Å². The van der Waals surface area contributed by atoms with Crippen molar-refractivity contribution < 1.29 is 21.6 Å². The Morgan fingerprint density at radius 1 is 1.00 bits per heavy atom. The van der Waals surface area contributed by atoms with Crippen molar-refractivity contribution in [1.29, 1.82) is 0 Å². The largest absolute Gasteiger partial charge is 0.416 e. The standard InChI is InChI=1S/C21H17F3N2O2S/c1-29(27,28)17-12-10-16(11-13-17)26-20(18-4-2-3-5-19(18)25-26)14-6-8-15(9-7-14)21(22,23)24/h3,5-13H,2,4H2,1H3. The van der Waals surface area contributed by atoms with E-state index < -0.39 is 21.6 Å². The van der Waals surface area contributed by atoms with Crippen molar-refractivity contribution in [2.75, 3.05) is 6.26 Å². The van der Waals surface area contributed by atoms with Crippen LogP contribution in [0.15, 0.2) is 59.5 Å². The van der Waals surface area contributed by atoms with Crippen molar-refractivity contribution in [1.82, 2.24) is 9.78 Å². The number of hydrogen-bond donors (Lipinski definition) is 0. The Morgan fingerprint density at radius 3 is 2.24 bits per heavy atom. The minimum absolute atomic E-state index is 0.189. The highest BCUT2D eigenvalue weighted by Gasteiger charge is 2.30. The molecule has 0 saturated heterocycles. The number of hydrogen-bond acceptors (Lipinski definition) is 3. The Balaban J connectivity index is 1.86. The Morgan fingerprint density at radius 2 is 1.66 bits per heavy atom. The Kier molecular flexibility index (Phi) is 4.61. The first kappa shape index (κ1) is 19.4. The molecule has 8 heteroatoms. The van der Waals surface area contributed by atoms with Crippen LogP contribution in [0.2, 0.25) is 0 Å². The molecule has 0 fully saturated rings. The van der Waals surface area contributed by atoms with Crippen molar-refractivity contribution in [2.24, 2.45) is 0 Å². The quantitative estimate of drug-likeness (QED) is 0.607. The maximum absolute atomic E-state index is 12.9. The predicted molar refractivity (Wildman–Crippen MR) is 104 cm³/mol. The fourth-order valence-corrected chi connectivity index (χ4v) is 4.04. The molecule has 0 amide bonds. The van der Waals surface area contributed by atoms with Gasteiger partial charge in [-0.2, -0.15) is 18.3 Å². The topological polar surface area (TPSA) is 52.0 Å². The molecule has 1 aliphatic rings. The zero-order chi connectivity index (χ0) is 20.8. The average Bonchev–Trinajstić information content (AvgIpc) is 3.06. The lowest BCUT2D eigenvalue weighted by atomic mass is 9.97. The van der Waals surface area contributed by atoms with Crippen molar-refractivity contribution in [3.63, 3.8) is 0 Å². The van der Waals surface area contributed by atoms with Gasteiger partial charge in [-0.25, -0.2) is 13.1 Å². The van der Waals surface area contributed by atoms with Gasteiger partial charge in [-0.3, -0.25) is 0 Å². The molecule has 0 aliphatic heterocycles. The van der Waals surface area contributed by atoms with Crippen molar-refractivity contribution in [2.45, 2.75) is 23.9 Å². The highest BCUT2D eigenvalue weighted by Crippen LogP contribution is 2.35. The highest BCUT2D eigenvalue weighted by atomic mass is 32.2. The molecule has 1 aromatic heterocycles. The second kappa shape index (κ2) is 6.88. The molecule has 0 spiro atoms. The van der Waals surface area contributed by atoms with E-state index in [1.807, 2.05) is 12.2 Å². The first-order valence-corrected chi connectivity index (χ1v) is 10.8. The first-order chi connectivity index (χ1) is 13.6. The lowest BCUT2D eigenvalue weighted by Crippen LogP contribution is -2.05. The Labute approximate surface area is 166 Å². The minimum Gasteiger partial charge on any atom is -0.232 e. The summed E-state index contributed by atoms with van der Waals surface area (Å²) in [4.78, 5) is 0.189. The zero-order valence-electron chi connectivity index (χ0n) is 15.4. The van der Waals surface area contributed by atoms with Gasteiger partial charge < -0.3 is 0 Å². The lowest BCUT2D eigenvalue weighted by Gasteiger charge is -2.13. The van der Waals surface area contributed by atoms with Gasteiger partial charge in [-0.1, -0.05) is 18.2 Å². The van der Waals surface area contributed by atoms with Crippen LogP contribution in [0.25, 0.3) is 23.0 Å². The monoisotopic (exact) mass is 418 g/mol. The number of fused-ring (bicyclic) bond motifs is 1. The SMILES string of the molecule is CS(=O)(=O)c1ccc(-n2nc3c(c2-c2ccc(C(F)(F)F)cc2)CCC=C3)cc1. The first-order valence-electron chi connectivity index (χ1n) is 8.91. The van der Waals surface area contributed by atoms with Crippen LogP contribution < -0.4 is 0 Å². The van der Waals surface area contributed by atoms with E-state index in [9.17, 15) is 21.6 Å². The van der Waals surface area contributed by atoms with Crippen molar-refractivity contribution >= 4 is 15.9 Å². The van der Waals surface area contributed by atoms with Gasteiger partial charge in [0.05, 0.1) is 27.5 Å². The van der Waals surface area contributed by atoms with Crippen LogP contribution in [-0.2, 0) is 22.4 Å². The van der Waals surface area contributed by atoms with Crippen molar-refractivity contribution in [3.8, 4) is 16.9 Å². The van der Waals surface area contributed by atoms with E-state index >= 15 is 0 Å². The second-order valence-corrected chi connectivity index (χ2v) is 8.92. The maximum Gasteiger partial charge on any atom is 0.416 e. The maximum atomic E-state index is 12.9. The van der Waals surface area contributed by atoms with E-state index in [0.717, 1.165) is 42.5 Å². The summed E-state index contributed by atoms with van der Waals surface area (Å²) in [5.74, 6) is 0. The van der Waals surface area contributed by atoms with Gasteiger partial charge in [0.1, 0.15) is 0 Å². The summed E-state index contributed by atoms with van der Waals surface area (Å²) < 4.78 is 63.9. The summed E-state index contributed by atoms with van der Waals surface area (Å²) in [7, 11) is -3.33. The zero-order valence-corrected chi connectivity index (χ0v) is 16.3. The summed E-state index contributed by atoms with van der Waals surface area (Å²) in [5.41, 5.74) is 2.98. The normalized spacial score (nSPS) is 14.1. The number of sulfone groups is 1. The molecule has 0 N–H and O–H groups in total.